The molecule has 2 N–H and O–H groups in total. The highest BCUT2D eigenvalue weighted by atomic mass is 35.5. The zero-order chi connectivity index (χ0) is 15.2. The standard InChI is InChI=1S/C18H20N2OS.ClH/c21-18(20-13-14-11-19-12-14)17(15-7-3-1-4-8-15)22-16-9-5-2-6-10-16;/h1-10,14,17,19H,11-13H2,(H,20,21);1H. The molecule has 5 heteroatoms. The van der Waals surface area contributed by atoms with Gasteiger partial charge in [0, 0.05) is 30.4 Å². The zero-order valence-electron chi connectivity index (χ0n) is 12.8. The number of thioether (sulfide) groups is 1. The SMILES string of the molecule is Cl.O=C(NCC1CNC1)C(Sc1ccccc1)c1ccccc1. The van der Waals surface area contributed by atoms with Crippen molar-refractivity contribution in [3.05, 3.63) is 66.2 Å². The minimum absolute atomic E-state index is 0. The number of benzene rings is 2. The molecule has 3 nitrogen and oxygen atoms in total. The van der Waals surface area contributed by atoms with Gasteiger partial charge >= 0.3 is 0 Å². The van der Waals surface area contributed by atoms with Crippen molar-refractivity contribution in [1.29, 1.82) is 0 Å². The van der Waals surface area contributed by atoms with E-state index in [2.05, 4.69) is 10.6 Å². The third-order valence-electron chi connectivity index (χ3n) is 3.77. The lowest BCUT2D eigenvalue weighted by molar-refractivity contribution is -0.120. The molecule has 1 saturated heterocycles. The van der Waals surface area contributed by atoms with Crippen molar-refractivity contribution in [3.63, 3.8) is 0 Å². The van der Waals surface area contributed by atoms with E-state index in [0.717, 1.165) is 30.1 Å². The average molecular weight is 349 g/mol. The molecule has 1 amide bonds. The lowest BCUT2D eigenvalue weighted by Gasteiger charge is -2.28. The molecule has 122 valence electrons. The molecule has 0 radical (unpaired) electrons. The Balaban J connectivity index is 0.00000192. The van der Waals surface area contributed by atoms with Crippen molar-refractivity contribution >= 4 is 30.1 Å². The Bertz CT molecular complexity index is 605. The fraction of sp³-hybridized carbons (Fsp3) is 0.278. The van der Waals surface area contributed by atoms with Gasteiger partial charge in [0.05, 0.1) is 0 Å². The number of carbonyl (C=O) groups excluding carboxylic acids is 1. The Labute approximate surface area is 147 Å². The predicted molar refractivity (Wildman–Crippen MR) is 98.1 cm³/mol. The molecule has 2 aromatic rings. The van der Waals surface area contributed by atoms with Gasteiger partial charge in [-0.15, -0.1) is 24.2 Å². The first kappa shape index (κ1) is 17.9. The molecule has 0 spiro atoms. The summed E-state index contributed by atoms with van der Waals surface area (Å²) in [5, 5.41) is 6.12. The Morgan fingerprint density at radius 2 is 1.70 bits per heavy atom. The van der Waals surface area contributed by atoms with Gasteiger partial charge in [0.15, 0.2) is 0 Å². The summed E-state index contributed by atoms with van der Waals surface area (Å²) in [5.74, 6) is 0.661. The Kier molecular flexibility index (Phi) is 6.96. The summed E-state index contributed by atoms with van der Waals surface area (Å²) in [5.41, 5.74) is 1.04. The van der Waals surface area contributed by atoms with E-state index in [4.69, 9.17) is 0 Å². The van der Waals surface area contributed by atoms with Gasteiger partial charge in [0.2, 0.25) is 5.91 Å². The smallest absolute Gasteiger partial charge is 0.238 e. The first-order valence-corrected chi connectivity index (χ1v) is 8.46. The van der Waals surface area contributed by atoms with Crippen molar-refractivity contribution in [2.75, 3.05) is 19.6 Å². The van der Waals surface area contributed by atoms with E-state index in [9.17, 15) is 4.79 Å². The maximum Gasteiger partial charge on any atom is 0.238 e. The molecular formula is C18H21ClN2OS. The number of hydrogen-bond donors (Lipinski definition) is 2. The highest BCUT2D eigenvalue weighted by molar-refractivity contribution is 8.00. The molecule has 1 aliphatic rings. The van der Waals surface area contributed by atoms with E-state index in [-0.39, 0.29) is 23.6 Å². The van der Waals surface area contributed by atoms with Crippen LogP contribution in [0.3, 0.4) is 0 Å². The normalized spacial score (nSPS) is 15.1. The molecule has 1 fully saturated rings. The summed E-state index contributed by atoms with van der Waals surface area (Å²) >= 11 is 1.60. The quantitative estimate of drug-likeness (QED) is 0.787. The van der Waals surface area contributed by atoms with Crippen molar-refractivity contribution in [2.45, 2.75) is 10.1 Å². The van der Waals surface area contributed by atoms with Crippen LogP contribution in [0.25, 0.3) is 0 Å². The first-order valence-electron chi connectivity index (χ1n) is 7.58. The second kappa shape index (κ2) is 8.96. The van der Waals surface area contributed by atoms with E-state index < -0.39 is 0 Å². The monoisotopic (exact) mass is 348 g/mol. The minimum Gasteiger partial charge on any atom is -0.354 e. The average Bonchev–Trinajstić information content (AvgIpc) is 2.53. The highest BCUT2D eigenvalue weighted by Crippen LogP contribution is 2.35. The molecule has 0 aromatic heterocycles. The van der Waals surface area contributed by atoms with E-state index in [0.29, 0.717) is 5.92 Å². The van der Waals surface area contributed by atoms with Crippen molar-refractivity contribution in [2.24, 2.45) is 5.92 Å². The Hall–Kier alpha value is -1.49. The van der Waals surface area contributed by atoms with E-state index >= 15 is 0 Å². The van der Waals surface area contributed by atoms with Gasteiger partial charge < -0.3 is 10.6 Å². The summed E-state index contributed by atoms with van der Waals surface area (Å²) in [6.45, 7) is 2.76. The molecule has 2 aromatic carbocycles. The minimum atomic E-state index is -0.211. The third-order valence-corrected chi connectivity index (χ3v) is 5.03. The summed E-state index contributed by atoms with van der Waals surface area (Å²) < 4.78 is 0. The molecule has 1 aliphatic heterocycles. The molecule has 0 aliphatic carbocycles. The van der Waals surface area contributed by atoms with Crippen LogP contribution in [-0.2, 0) is 4.79 Å². The van der Waals surface area contributed by atoms with E-state index in [1.165, 1.54) is 0 Å². The summed E-state index contributed by atoms with van der Waals surface area (Å²) in [6, 6.07) is 20.1. The van der Waals surface area contributed by atoms with Gasteiger partial charge in [-0.2, -0.15) is 0 Å². The lowest BCUT2D eigenvalue weighted by atomic mass is 10.0. The van der Waals surface area contributed by atoms with Crippen LogP contribution in [0.15, 0.2) is 65.6 Å². The lowest BCUT2D eigenvalue weighted by Crippen LogP contribution is -2.48. The van der Waals surface area contributed by atoms with Crippen LogP contribution in [0.1, 0.15) is 10.8 Å². The summed E-state index contributed by atoms with van der Waals surface area (Å²) in [6.07, 6.45) is 0. The largest absolute Gasteiger partial charge is 0.354 e. The van der Waals surface area contributed by atoms with E-state index in [1.807, 2.05) is 60.7 Å². The summed E-state index contributed by atoms with van der Waals surface area (Å²) in [7, 11) is 0. The number of hydrogen-bond acceptors (Lipinski definition) is 3. The maximum absolute atomic E-state index is 12.6. The highest BCUT2D eigenvalue weighted by Gasteiger charge is 2.24. The Morgan fingerprint density at radius 3 is 2.26 bits per heavy atom. The third kappa shape index (κ3) is 4.99. The Morgan fingerprint density at radius 1 is 1.09 bits per heavy atom. The number of nitrogens with one attached hydrogen (secondary N) is 2. The first-order chi connectivity index (χ1) is 10.8. The van der Waals surface area contributed by atoms with Crippen LogP contribution >= 0.6 is 24.2 Å². The molecule has 1 atom stereocenters. The van der Waals surface area contributed by atoms with Crippen LogP contribution in [0, 0.1) is 5.92 Å². The number of amides is 1. The van der Waals surface area contributed by atoms with Gasteiger partial charge in [0.1, 0.15) is 5.25 Å². The van der Waals surface area contributed by atoms with Crippen molar-refractivity contribution in [3.8, 4) is 0 Å². The molecular weight excluding hydrogens is 328 g/mol. The molecule has 0 saturated carbocycles. The second-order valence-electron chi connectivity index (χ2n) is 5.49. The van der Waals surface area contributed by atoms with Crippen LogP contribution in [-0.4, -0.2) is 25.5 Å². The fourth-order valence-corrected chi connectivity index (χ4v) is 3.44. The van der Waals surface area contributed by atoms with Crippen LogP contribution < -0.4 is 10.6 Å². The van der Waals surface area contributed by atoms with E-state index in [1.54, 1.807) is 11.8 Å². The van der Waals surface area contributed by atoms with Crippen LogP contribution in [0.5, 0.6) is 0 Å². The van der Waals surface area contributed by atoms with Crippen LogP contribution in [0.4, 0.5) is 0 Å². The van der Waals surface area contributed by atoms with Gasteiger partial charge in [-0.1, -0.05) is 48.5 Å². The number of rotatable bonds is 6. The molecule has 1 unspecified atom stereocenters. The topological polar surface area (TPSA) is 41.1 Å². The predicted octanol–water partition coefficient (Wildman–Crippen LogP) is 3.28. The van der Waals surface area contributed by atoms with Crippen LogP contribution in [0.2, 0.25) is 0 Å². The fourth-order valence-electron chi connectivity index (χ4n) is 2.37. The molecule has 0 bridgehead atoms. The van der Waals surface area contributed by atoms with Gasteiger partial charge in [-0.05, 0) is 17.7 Å². The summed E-state index contributed by atoms with van der Waals surface area (Å²) in [4.78, 5) is 13.7. The molecule has 23 heavy (non-hydrogen) atoms. The van der Waals surface area contributed by atoms with Crippen molar-refractivity contribution in [1.82, 2.24) is 10.6 Å². The van der Waals surface area contributed by atoms with Gasteiger partial charge in [0.25, 0.3) is 0 Å². The number of halogens is 1. The van der Waals surface area contributed by atoms with Crippen molar-refractivity contribution < 1.29 is 4.79 Å². The van der Waals surface area contributed by atoms with Gasteiger partial charge in [-0.3, -0.25) is 4.79 Å². The second-order valence-corrected chi connectivity index (χ2v) is 6.67. The van der Waals surface area contributed by atoms with Gasteiger partial charge in [-0.25, -0.2) is 0 Å². The maximum atomic E-state index is 12.6. The molecule has 3 rings (SSSR count). The zero-order valence-corrected chi connectivity index (χ0v) is 14.4. The number of carbonyl (C=O) groups is 1. The molecule has 1 heterocycles.